The minimum Gasteiger partial charge on any atom is -0.481 e. The van der Waals surface area contributed by atoms with E-state index in [1.807, 2.05) is 0 Å². The molecule has 3 N–H and O–H groups in total. The average Bonchev–Trinajstić information content (AvgIpc) is 2.20. The van der Waals surface area contributed by atoms with Crippen LogP contribution in [-0.4, -0.2) is 52.5 Å². The van der Waals surface area contributed by atoms with Crippen molar-refractivity contribution < 1.29 is 14.7 Å². The zero-order valence-electron chi connectivity index (χ0n) is 9.39. The third kappa shape index (κ3) is 4.02. The molecule has 0 aromatic heterocycles. The van der Waals surface area contributed by atoms with Gasteiger partial charge in [-0.3, -0.25) is 14.5 Å². The molecule has 1 amide bonds. The van der Waals surface area contributed by atoms with E-state index >= 15 is 0 Å². The van der Waals surface area contributed by atoms with Gasteiger partial charge in [0.1, 0.15) is 0 Å². The van der Waals surface area contributed by atoms with Gasteiger partial charge in [-0.2, -0.15) is 11.8 Å². The second-order valence-corrected chi connectivity index (χ2v) is 5.27. The molecule has 0 spiro atoms. The monoisotopic (exact) mass is 246 g/mol. The molecular weight excluding hydrogens is 228 g/mol. The van der Waals surface area contributed by atoms with E-state index in [-0.39, 0.29) is 24.3 Å². The van der Waals surface area contributed by atoms with Crippen molar-refractivity contribution in [3.05, 3.63) is 0 Å². The van der Waals surface area contributed by atoms with E-state index in [0.29, 0.717) is 6.54 Å². The number of carboxylic acids is 1. The summed E-state index contributed by atoms with van der Waals surface area (Å²) in [4.78, 5) is 23.8. The summed E-state index contributed by atoms with van der Waals surface area (Å²) in [6.45, 7) is 3.18. The van der Waals surface area contributed by atoms with Crippen molar-refractivity contribution in [1.82, 2.24) is 4.90 Å². The van der Waals surface area contributed by atoms with E-state index in [1.165, 1.54) is 0 Å². The SMILES string of the molecule is CC(CN1CCSCC1CC(=O)O)C(N)=O. The summed E-state index contributed by atoms with van der Waals surface area (Å²) in [5, 5.41) is 8.80. The molecule has 1 saturated heterocycles. The van der Waals surface area contributed by atoms with Gasteiger partial charge < -0.3 is 10.8 Å². The lowest BCUT2D eigenvalue weighted by atomic mass is 10.1. The van der Waals surface area contributed by atoms with E-state index in [9.17, 15) is 9.59 Å². The van der Waals surface area contributed by atoms with Crippen molar-refractivity contribution in [1.29, 1.82) is 0 Å². The molecule has 0 radical (unpaired) electrons. The summed E-state index contributed by atoms with van der Waals surface area (Å²) < 4.78 is 0. The smallest absolute Gasteiger partial charge is 0.304 e. The zero-order valence-corrected chi connectivity index (χ0v) is 10.2. The van der Waals surface area contributed by atoms with Crippen LogP contribution in [0, 0.1) is 5.92 Å². The van der Waals surface area contributed by atoms with Gasteiger partial charge in [0, 0.05) is 36.6 Å². The third-order valence-electron chi connectivity index (χ3n) is 2.75. The molecule has 1 heterocycles. The van der Waals surface area contributed by atoms with Crippen LogP contribution >= 0.6 is 11.8 Å². The molecule has 0 aromatic carbocycles. The molecule has 6 heteroatoms. The van der Waals surface area contributed by atoms with E-state index in [0.717, 1.165) is 18.1 Å². The van der Waals surface area contributed by atoms with Crippen molar-refractivity contribution in [2.45, 2.75) is 19.4 Å². The maximum atomic E-state index is 11.0. The molecule has 5 nitrogen and oxygen atoms in total. The Morgan fingerprint density at radius 2 is 2.31 bits per heavy atom. The first kappa shape index (κ1) is 13.3. The topological polar surface area (TPSA) is 83.6 Å². The Hall–Kier alpha value is -0.750. The molecule has 92 valence electrons. The highest BCUT2D eigenvalue weighted by Gasteiger charge is 2.27. The molecule has 0 saturated carbocycles. The van der Waals surface area contributed by atoms with Gasteiger partial charge in [-0.25, -0.2) is 0 Å². The molecule has 1 fully saturated rings. The molecular formula is C10H18N2O3S. The average molecular weight is 246 g/mol. The molecule has 0 aromatic rings. The molecule has 1 rings (SSSR count). The second-order valence-electron chi connectivity index (χ2n) is 4.12. The van der Waals surface area contributed by atoms with Gasteiger partial charge in [0.25, 0.3) is 0 Å². The number of aliphatic carboxylic acids is 1. The highest BCUT2D eigenvalue weighted by molar-refractivity contribution is 7.99. The van der Waals surface area contributed by atoms with Gasteiger partial charge in [0.15, 0.2) is 0 Å². The van der Waals surface area contributed by atoms with Crippen LogP contribution < -0.4 is 5.73 Å². The number of carboxylic acid groups (broad SMARTS) is 1. The lowest BCUT2D eigenvalue weighted by Crippen LogP contribution is -2.47. The molecule has 1 aliphatic heterocycles. The Balaban J connectivity index is 2.52. The van der Waals surface area contributed by atoms with Gasteiger partial charge in [0.05, 0.1) is 6.42 Å². The quantitative estimate of drug-likeness (QED) is 0.713. The van der Waals surface area contributed by atoms with Crippen LogP contribution in [0.1, 0.15) is 13.3 Å². The summed E-state index contributed by atoms with van der Waals surface area (Å²) >= 11 is 1.76. The Labute approximate surface area is 99.4 Å². The van der Waals surface area contributed by atoms with Crippen molar-refractivity contribution in [3.8, 4) is 0 Å². The van der Waals surface area contributed by atoms with Gasteiger partial charge in [0.2, 0.25) is 5.91 Å². The molecule has 0 bridgehead atoms. The van der Waals surface area contributed by atoms with E-state index < -0.39 is 5.97 Å². The largest absolute Gasteiger partial charge is 0.481 e. The Bertz CT molecular complexity index is 273. The van der Waals surface area contributed by atoms with Crippen molar-refractivity contribution in [3.63, 3.8) is 0 Å². The van der Waals surface area contributed by atoms with Crippen molar-refractivity contribution >= 4 is 23.6 Å². The van der Waals surface area contributed by atoms with Crippen LogP contribution in [0.2, 0.25) is 0 Å². The summed E-state index contributed by atoms with van der Waals surface area (Å²) in [7, 11) is 0. The fourth-order valence-electron chi connectivity index (χ4n) is 1.76. The summed E-state index contributed by atoms with van der Waals surface area (Å²) in [5.74, 6) is 0.468. The van der Waals surface area contributed by atoms with E-state index in [2.05, 4.69) is 4.90 Å². The number of thioether (sulfide) groups is 1. The van der Waals surface area contributed by atoms with Crippen LogP contribution in [0.25, 0.3) is 0 Å². The minimum atomic E-state index is -0.788. The number of nitrogens with zero attached hydrogens (tertiary/aromatic N) is 1. The molecule has 2 atom stereocenters. The van der Waals surface area contributed by atoms with Crippen LogP contribution in [0.5, 0.6) is 0 Å². The fraction of sp³-hybridized carbons (Fsp3) is 0.800. The molecule has 16 heavy (non-hydrogen) atoms. The number of carbonyl (C=O) groups is 2. The fourth-order valence-corrected chi connectivity index (χ4v) is 2.89. The normalized spacial score (nSPS) is 23.9. The first-order valence-electron chi connectivity index (χ1n) is 5.33. The predicted molar refractivity (Wildman–Crippen MR) is 63.3 cm³/mol. The first-order valence-corrected chi connectivity index (χ1v) is 6.49. The van der Waals surface area contributed by atoms with Crippen molar-refractivity contribution in [2.75, 3.05) is 24.6 Å². The maximum Gasteiger partial charge on any atom is 0.304 e. The van der Waals surface area contributed by atoms with Gasteiger partial charge in [-0.05, 0) is 0 Å². The standard InChI is InChI=1S/C10H18N2O3S/c1-7(10(11)15)5-12-2-3-16-6-8(12)4-9(13)14/h7-8H,2-6H2,1H3,(H2,11,15)(H,13,14). The van der Waals surface area contributed by atoms with Gasteiger partial charge >= 0.3 is 5.97 Å². The highest BCUT2D eigenvalue weighted by Crippen LogP contribution is 2.20. The second kappa shape index (κ2) is 6.10. The van der Waals surface area contributed by atoms with E-state index in [1.54, 1.807) is 18.7 Å². The Morgan fingerprint density at radius 1 is 1.62 bits per heavy atom. The maximum absolute atomic E-state index is 11.0. The Kier molecular flexibility index (Phi) is 5.08. The van der Waals surface area contributed by atoms with Crippen molar-refractivity contribution in [2.24, 2.45) is 11.7 Å². The first-order chi connectivity index (χ1) is 7.50. The Morgan fingerprint density at radius 3 is 2.88 bits per heavy atom. The lowest BCUT2D eigenvalue weighted by molar-refractivity contribution is -0.138. The molecule has 1 aliphatic rings. The zero-order chi connectivity index (χ0) is 12.1. The number of hydrogen-bond donors (Lipinski definition) is 2. The van der Waals surface area contributed by atoms with Crippen LogP contribution in [0.3, 0.4) is 0 Å². The minimum absolute atomic E-state index is 0.0260. The van der Waals surface area contributed by atoms with Gasteiger partial charge in [-0.15, -0.1) is 0 Å². The molecule has 0 aliphatic carbocycles. The summed E-state index contributed by atoms with van der Waals surface area (Å²) in [6, 6.07) is 0.0260. The number of carbonyl (C=O) groups excluding carboxylic acids is 1. The van der Waals surface area contributed by atoms with Crippen LogP contribution in [0.15, 0.2) is 0 Å². The summed E-state index contributed by atoms with van der Waals surface area (Å²) in [5.41, 5.74) is 5.21. The van der Waals surface area contributed by atoms with Crippen LogP contribution in [0.4, 0.5) is 0 Å². The molecule has 2 unspecified atom stereocenters. The van der Waals surface area contributed by atoms with Crippen LogP contribution in [-0.2, 0) is 9.59 Å². The number of hydrogen-bond acceptors (Lipinski definition) is 4. The number of nitrogens with two attached hydrogens (primary N) is 1. The third-order valence-corrected chi connectivity index (χ3v) is 3.85. The highest BCUT2D eigenvalue weighted by atomic mass is 32.2. The van der Waals surface area contributed by atoms with Gasteiger partial charge in [-0.1, -0.05) is 6.92 Å². The lowest BCUT2D eigenvalue weighted by Gasteiger charge is -2.35. The number of rotatable bonds is 5. The number of primary amides is 1. The summed E-state index contributed by atoms with van der Waals surface area (Å²) in [6.07, 6.45) is 0.137. The number of amides is 1. The predicted octanol–water partition coefficient (Wildman–Crippen LogP) is -0.0001000. The van der Waals surface area contributed by atoms with E-state index in [4.69, 9.17) is 10.8 Å².